The summed E-state index contributed by atoms with van der Waals surface area (Å²) in [5, 5.41) is 2.93. The first-order chi connectivity index (χ1) is 12.1. The van der Waals surface area contributed by atoms with Crippen LogP contribution in [0.25, 0.3) is 0 Å². The summed E-state index contributed by atoms with van der Waals surface area (Å²) in [5.41, 5.74) is 1.75. The average molecular weight is 341 g/mol. The van der Waals surface area contributed by atoms with Gasteiger partial charge in [0, 0.05) is 0 Å². The zero-order valence-corrected chi connectivity index (χ0v) is 14.5. The van der Waals surface area contributed by atoms with Gasteiger partial charge < -0.3 is 14.8 Å². The molecule has 0 unspecified atom stereocenters. The van der Waals surface area contributed by atoms with Gasteiger partial charge in [0.2, 0.25) is 5.91 Å². The number of esters is 1. The van der Waals surface area contributed by atoms with Gasteiger partial charge in [-0.3, -0.25) is 9.59 Å². The van der Waals surface area contributed by atoms with Gasteiger partial charge in [-0.05, 0) is 30.2 Å². The van der Waals surface area contributed by atoms with E-state index >= 15 is 0 Å². The Morgan fingerprint density at radius 3 is 2.32 bits per heavy atom. The predicted molar refractivity (Wildman–Crippen MR) is 95.3 cm³/mol. The Labute approximate surface area is 148 Å². The number of hydrogen-bond acceptors (Lipinski definition) is 4. The second kappa shape index (κ2) is 9.47. The first kappa shape index (κ1) is 18.5. The highest BCUT2D eigenvalue weighted by Gasteiger charge is 2.19. The molecule has 0 bridgehead atoms. The zero-order chi connectivity index (χ0) is 18.1. The molecule has 132 valence electrons. The van der Waals surface area contributed by atoms with Crippen LogP contribution in [0.3, 0.4) is 0 Å². The SMILES string of the molecule is CCOC(=O)C[C@H](NC(=O)Cc1ccccc1)c1ccc(OC)cc1. The number of carbonyl (C=O) groups is 2. The second-order valence-electron chi connectivity index (χ2n) is 5.56. The van der Waals surface area contributed by atoms with E-state index in [9.17, 15) is 9.59 Å². The average Bonchev–Trinajstić information content (AvgIpc) is 2.62. The molecule has 1 N–H and O–H groups in total. The van der Waals surface area contributed by atoms with Crippen LogP contribution < -0.4 is 10.1 Å². The normalized spacial score (nSPS) is 11.4. The van der Waals surface area contributed by atoms with Gasteiger partial charge in [0.1, 0.15) is 5.75 Å². The monoisotopic (exact) mass is 341 g/mol. The summed E-state index contributed by atoms with van der Waals surface area (Å²) in [6.07, 6.45) is 0.344. The molecule has 0 saturated heterocycles. The van der Waals surface area contributed by atoms with Crippen molar-refractivity contribution in [2.24, 2.45) is 0 Å². The number of benzene rings is 2. The van der Waals surface area contributed by atoms with Crippen molar-refractivity contribution in [2.45, 2.75) is 25.8 Å². The van der Waals surface area contributed by atoms with Gasteiger partial charge in [0.15, 0.2) is 0 Å². The Balaban J connectivity index is 2.09. The predicted octanol–water partition coefficient (Wildman–Crippen LogP) is 3.05. The largest absolute Gasteiger partial charge is 0.497 e. The molecular formula is C20H23NO4. The van der Waals surface area contributed by atoms with E-state index in [1.807, 2.05) is 42.5 Å². The maximum atomic E-state index is 12.4. The molecule has 0 saturated carbocycles. The van der Waals surface area contributed by atoms with Gasteiger partial charge in [-0.2, -0.15) is 0 Å². The van der Waals surface area contributed by atoms with E-state index in [0.29, 0.717) is 12.4 Å². The first-order valence-corrected chi connectivity index (χ1v) is 8.25. The molecule has 1 atom stereocenters. The number of carbonyl (C=O) groups excluding carboxylic acids is 2. The maximum absolute atomic E-state index is 12.4. The van der Waals surface area contributed by atoms with Crippen molar-refractivity contribution >= 4 is 11.9 Å². The summed E-state index contributed by atoms with van der Waals surface area (Å²) < 4.78 is 10.2. The third-order valence-electron chi connectivity index (χ3n) is 3.74. The lowest BCUT2D eigenvalue weighted by Gasteiger charge is -2.19. The summed E-state index contributed by atoms with van der Waals surface area (Å²) >= 11 is 0. The Morgan fingerprint density at radius 2 is 1.72 bits per heavy atom. The molecular weight excluding hydrogens is 318 g/mol. The van der Waals surface area contributed by atoms with Gasteiger partial charge in [-0.1, -0.05) is 42.5 Å². The Kier molecular flexibility index (Phi) is 7.01. The van der Waals surface area contributed by atoms with Gasteiger partial charge in [-0.15, -0.1) is 0 Å². The number of hydrogen-bond donors (Lipinski definition) is 1. The van der Waals surface area contributed by atoms with Crippen LogP contribution in [0, 0.1) is 0 Å². The van der Waals surface area contributed by atoms with E-state index in [4.69, 9.17) is 9.47 Å². The van der Waals surface area contributed by atoms with Gasteiger partial charge in [0.25, 0.3) is 0 Å². The van der Waals surface area contributed by atoms with Crippen LogP contribution in [-0.2, 0) is 20.7 Å². The Bertz CT molecular complexity index is 683. The summed E-state index contributed by atoms with van der Waals surface area (Å²) in [6, 6.07) is 16.3. The lowest BCUT2D eigenvalue weighted by atomic mass is 10.0. The molecule has 0 aliphatic rings. The van der Waals surface area contributed by atoms with Crippen LogP contribution in [0.2, 0.25) is 0 Å². The minimum Gasteiger partial charge on any atom is -0.497 e. The van der Waals surface area contributed by atoms with Crippen molar-refractivity contribution in [1.29, 1.82) is 0 Å². The highest BCUT2D eigenvalue weighted by molar-refractivity contribution is 5.80. The summed E-state index contributed by atoms with van der Waals surface area (Å²) in [7, 11) is 1.59. The quantitative estimate of drug-likeness (QED) is 0.750. The lowest BCUT2D eigenvalue weighted by Crippen LogP contribution is -2.31. The van der Waals surface area contributed by atoms with E-state index < -0.39 is 6.04 Å². The van der Waals surface area contributed by atoms with Crippen LogP contribution >= 0.6 is 0 Å². The molecule has 0 spiro atoms. The molecule has 0 aromatic heterocycles. The van der Waals surface area contributed by atoms with E-state index in [0.717, 1.165) is 11.1 Å². The number of rotatable bonds is 8. The molecule has 25 heavy (non-hydrogen) atoms. The van der Waals surface area contributed by atoms with Crippen LogP contribution in [0.5, 0.6) is 5.75 Å². The standard InChI is InChI=1S/C20H23NO4/c1-3-25-20(23)14-18(16-9-11-17(24-2)12-10-16)21-19(22)13-15-7-5-4-6-8-15/h4-12,18H,3,13-14H2,1-2H3,(H,21,22)/t18-/m0/s1. The number of nitrogens with one attached hydrogen (secondary N) is 1. The minimum atomic E-state index is -0.443. The van der Waals surface area contributed by atoms with Gasteiger partial charge in [-0.25, -0.2) is 0 Å². The molecule has 0 aliphatic heterocycles. The van der Waals surface area contributed by atoms with Crippen LogP contribution in [-0.4, -0.2) is 25.6 Å². The first-order valence-electron chi connectivity index (χ1n) is 8.25. The smallest absolute Gasteiger partial charge is 0.308 e. The molecule has 0 radical (unpaired) electrons. The maximum Gasteiger partial charge on any atom is 0.308 e. The minimum absolute atomic E-state index is 0.0840. The lowest BCUT2D eigenvalue weighted by molar-refractivity contribution is -0.143. The molecule has 5 heteroatoms. The van der Waals surface area contributed by atoms with Gasteiger partial charge in [0.05, 0.1) is 32.6 Å². The van der Waals surface area contributed by atoms with Crippen molar-refractivity contribution in [3.8, 4) is 5.75 Å². The summed E-state index contributed by atoms with van der Waals surface area (Å²) in [4.78, 5) is 24.3. The summed E-state index contributed by atoms with van der Waals surface area (Å²) in [5.74, 6) is 0.230. The molecule has 2 aromatic carbocycles. The Hall–Kier alpha value is -2.82. The van der Waals surface area contributed by atoms with Crippen molar-refractivity contribution in [2.75, 3.05) is 13.7 Å². The van der Waals surface area contributed by atoms with E-state index in [2.05, 4.69) is 5.32 Å². The molecule has 2 aromatic rings. The summed E-state index contributed by atoms with van der Waals surface area (Å²) in [6.45, 7) is 2.07. The second-order valence-corrected chi connectivity index (χ2v) is 5.56. The fourth-order valence-corrected chi connectivity index (χ4v) is 2.50. The fourth-order valence-electron chi connectivity index (χ4n) is 2.50. The molecule has 0 heterocycles. The Morgan fingerprint density at radius 1 is 1.04 bits per heavy atom. The number of methoxy groups -OCH3 is 1. The molecule has 5 nitrogen and oxygen atoms in total. The molecule has 2 rings (SSSR count). The van der Waals surface area contributed by atoms with Crippen LogP contribution in [0.15, 0.2) is 54.6 Å². The van der Waals surface area contributed by atoms with E-state index in [1.54, 1.807) is 26.2 Å². The third kappa shape index (κ3) is 5.95. The van der Waals surface area contributed by atoms with E-state index in [1.165, 1.54) is 0 Å². The van der Waals surface area contributed by atoms with Crippen molar-refractivity contribution < 1.29 is 19.1 Å². The van der Waals surface area contributed by atoms with E-state index in [-0.39, 0.29) is 24.7 Å². The molecule has 0 aliphatic carbocycles. The van der Waals surface area contributed by atoms with Crippen molar-refractivity contribution in [1.82, 2.24) is 5.32 Å². The number of ether oxygens (including phenoxy) is 2. The molecule has 0 fully saturated rings. The van der Waals surface area contributed by atoms with Crippen molar-refractivity contribution in [3.05, 3.63) is 65.7 Å². The fraction of sp³-hybridized carbons (Fsp3) is 0.300. The zero-order valence-electron chi connectivity index (χ0n) is 14.5. The highest BCUT2D eigenvalue weighted by Crippen LogP contribution is 2.21. The molecule has 1 amide bonds. The van der Waals surface area contributed by atoms with Gasteiger partial charge >= 0.3 is 5.97 Å². The highest BCUT2D eigenvalue weighted by atomic mass is 16.5. The van der Waals surface area contributed by atoms with Crippen molar-refractivity contribution in [3.63, 3.8) is 0 Å². The van der Waals surface area contributed by atoms with Crippen LogP contribution in [0.4, 0.5) is 0 Å². The third-order valence-corrected chi connectivity index (χ3v) is 3.74. The topological polar surface area (TPSA) is 64.6 Å². The van der Waals surface area contributed by atoms with Crippen LogP contribution in [0.1, 0.15) is 30.5 Å². The number of amides is 1.